The van der Waals surface area contributed by atoms with Gasteiger partial charge in [0.1, 0.15) is 0 Å². The maximum absolute atomic E-state index is 3.71. The molecule has 0 aliphatic heterocycles. The minimum absolute atomic E-state index is 1.19. The van der Waals surface area contributed by atoms with Gasteiger partial charge in [0, 0.05) is 0 Å². The van der Waals surface area contributed by atoms with Gasteiger partial charge < -0.3 is 0 Å². The van der Waals surface area contributed by atoms with E-state index in [1.54, 1.807) is 0 Å². The van der Waals surface area contributed by atoms with Gasteiger partial charge in [0.05, 0.1) is 0 Å². The summed E-state index contributed by atoms with van der Waals surface area (Å²) in [6.45, 7) is 11.4. The quantitative estimate of drug-likeness (QED) is 0.519. The van der Waals surface area contributed by atoms with Crippen molar-refractivity contribution in [3.8, 4) is 0 Å². The van der Waals surface area contributed by atoms with Crippen LogP contribution in [0.4, 0.5) is 0 Å². The van der Waals surface area contributed by atoms with Crippen molar-refractivity contribution >= 4 is 8.30 Å². The van der Waals surface area contributed by atoms with Gasteiger partial charge >= 0.3 is 84.0 Å². The second-order valence-electron chi connectivity index (χ2n) is 1.53. The van der Waals surface area contributed by atoms with Gasteiger partial charge in [-0.3, -0.25) is 0 Å². The first-order valence-corrected chi connectivity index (χ1v) is 6.87. The topological polar surface area (TPSA) is 0 Å². The molecule has 0 spiro atoms. The SMILES string of the molecule is C=C[C](=[W])/C(C=C)=C\[CH]=[W].CC. The van der Waals surface area contributed by atoms with Gasteiger partial charge in [-0.25, -0.2) is 0 Å². The zero-order valence-corrected chi connectivity index (χ0v) is 13.4. The van der Waals surface area contributed by atoms with E-state index in [4.69, 9.17) is 0 Å². The van der Waals surface area contributed by atoms with Crippen LogP contribution in [0.1, 0.15) is 13.8 Å². The fourth-order valence-corrected chi connectivity index (χ4v) is 1.51. The Morgan fingerprint density at radius 1 is 1.17 bits per heavy atom. The zero-order chi connectivity index (χ0) is 9.98. The molecule has 0 aliphatic rings. The number of rotatable bonds is 4. The van der Waals surface area contributed by atoms with Gasteiger partial charge in [0.25, 0.3) is 0 Å². The van der Waals surface area contributed by atoms with Gasteiger partial charge in [-0.15, -0.1) is 0 Å². The summed E-state index contributed by atoms with van der Waals surface area (Å²) in [5.41, 5.74) is 1.19. The van der Waals surface area contributed by atoms with Crippen molar-refractivity contribution in [1.82, 2.24) is 0 Å². The van der Waals surface area contributed by atoms with Crippen molar-refractivity contribution in [2.24, 2.45) is 0 Å². The predicted octanol–water partition coefficient (Wildman–Crippen LogP) is 2.38. The molecule has 0 bridgehead atoms. The van der Waals surface area contributed by atoms with Crippen LogP contribution in [0, 0.1) is 0 Å². The fourth-order valence-electron chi connectivity index (χ4n) is 0.442. The van der Waals surface area contributed by atoms with Crippen molar-refractivity contribution < 1.29 is 38.7 Å². The molecule has 0 fully saturated rings. The molecule has 2 heteroatoms. The van der Waals surface area contributed by atoms with E-state index in [-0.39, 0.29) is 0 Å². The van der Waals surface area contributed by atoms with Gasteiger partial charge in [-0.2, -0.15) is 0 Å². The Morgan fingerprint density at radius 3 is 1.92 bits per heavy atom. The predicted molar refractivity (Wildman–Crippen MR) is 50.9 cm³/mol. The molecule has 12 heavy (non-hydrogen) atoms. The summed E-state index contributed by atoms with van der Waals surface area (Å²) in [6, 6.07) is 0. The van der Waals surface area contributed by atoms with Crippen molar-refractivity contribution in [2.45, 2.75) is 13.8 Å². The number of allylic oxidation sites excluding steroid dienone is 4. The molecule has 0 saturated heterocycles. The van der Waals surface area contributed by atoms with Crippen LogP contribution in [0.2, 0.25) is 0 Å². The molecular weight excluding hydrogens is 488 g/mol. The Kier molecular flexibility index (Phi) is 14.0. The molecule has 0 rings (SSSR count). The second-order valence-corrected chi connectivity index (χ2v) is 4.09. The first-order valence-electron chi connectivity index (χ1n) is 3.71. The van der Waals surface area contributed by atoms with Crippen LogP contribution >= 0.6 is 0 Å². The third-order valence-electron chi connectivity index (χ3n) is 0.937. The largest absolute Gasteiger partial charge is 0.0683 e. The van der Waals surface area contributed by atoms with E-state index in [0.29, 0.717) is 0 Å². The van der Waals surface area contributed by atoms with E-state index >= 15 is 0 Å². The van der Waals surface area contributed by atoms with Crippen LogP contribution in [0.5, 0.6) is 0 Å². The molecular formula is C10H14W2. The minimum atomic E-state index is 1.19. The molecule has 0 N–H and O–H groups in total. The van der Waals surface area contributed by atoms with Gasteiger partial charge in [-0.05, 0) is 0 Å². The average molecular weight is 502 g/mol. The van der Waals surface area contributed by atoms with Crippen LogP contribution in [0.3, 0.4) is 0 Å². The van der Waals surface area contributed by atoms with E-state index in [1.807, 2.05) is 26.0 Å². The van der Waals surface area contributed by atoms with Crippen LogP contribution in [-0.2, 0) is 38.7 Å². The molecule has 0 saturated carbocycles. The molecule has 0 aromatic rings. The maximum Gasteiger partial charge on any atom is -0.0683 e. The monoisotopic (exact) mass is 502 g/mol. The summed E-state index contributed by atoms with van der Waals surface area (Å²) in [7, 11) is 0. The van der Waals surface area contributed by atoms with Gasteiger partial charge in [0.2, 0.25) is 0 Å². The Morgan fingerprint density at radius 2 is 1.67 bits per heavy atom. The zero-order valence-electron chi connectivity index (χ0n) is 7.54. The Balaban J connectivity index is 0. The maximum atomic E-state index is 3.71. The van der Waals surface area contributed by atoms with Crippen LogP contribution < -0.4 is 0 Å². The number of hydrogen-bond donors (Lipinski definition) is 0. The molecule has 0 radical (unpaired) electrons. The molecule has 0 heterocycles. The van der Waals surface area contributed by atoms with E-state index < -0.39 is 0 Å². The minimum Gasteiger partial charge on any atom is -0.0683 e. The van der Waals surface area contributed by atoms with E-state index in [2.05, 4.69) is 23.6 Å². The molecule has 0 aliphatic carbocycles. The van der Waals surface area contributed by atoms with Gasteiger partial charge in [-0.1, -0.05) is 13.8 Å². The molecule has 0 aromatic heterocycles. The van der Waals surface area contributed by atoms with Crippen molar-refractivity contribution in [3.63, 3.8) is 0 Å². The third-order valence-corrected chi connectivity index (χ3v) is 2.87. The molecule has 0 aromatic carbocycles. The number of hydrogen-bond acceptors (Lipinski definition) is 0. The van der Waals surface area contributed by atoms with E-state index in [0.717, 1.165) is 0 Å². The van der Waals surface area contributed by atoms with Crippen molar-refractivity contribution in [1.29, 1.82) is 0 Å². The Bertz CT molecular complexity index is 200. The summed E-state index contributed by atoms with van der Waals surface area (Å²) in [4.78, 5) is 0. The van der Waals surface area contributed by atoms with Crippen molar-refractivity contribution in [3.05, 3.63) is 37.0 Å². The van der Waals surface area contributed by atoms with E-state index in [9.17, 15) is 0 Å². The molecule has 66 valence electrons. The van der Waals surface area contributed by atoms with Gasteiger partial charge in [0.15, 0.2) is 0 Å². The first-order chi connectivity index (χ1) is 5.76. The molecule has 0 amide bonds. The summed E-state index contributed by atoms with van der Waals surface area (Å²) < 4.78 is 3.34. The van der Waals surface area contributed by atoms with Crippen molar-refractivity contribution in [2.75, 3.05) is 0 Å². The third kappa shape index (κ3) is 7.01. The summed E-state index contributed by atoms with van der Waals surface area (Å²) in [5, 5.41) is 0. The van der Waals surface area contributed by atoms with E-state index in [1.165, 1.54) is 48.2 Å². The Labute approximate surface area is 97.3 Å². The first kappa shape index (κ1) is 14.8. The summed E-state index contributed by atoms with van der Waals surface area (Å²) in [5.74, 6) is 0. The normalized spacial score (nSPS) is 9.00. The van der Waals surface area contributed by atoms with Crippen LogP contribution in [-0.4, -0.2) is 8.30 Å². The van der Waals surface area contributed by atoms with Crippen LogP contribution in [0.25, 0.3) is 0 Å². The summed E-state index contributed by atoms with van der Waals surface area (Å²) in [6.07, 6.45) is 5.82. The molecule has 0 nitrogen and oxygen atoms in total. The summed E-state index contributed by atoms with van der Waals surface area (Å²) >= 11 is 2.90. The standard InChI is InChI=1S/C8H8.C2H6.2W/c1-4-7-8(5-2)6-3;1-2;;/h2,4-6H,1,3H2;1-2H3;;/b8-5-;;;. The molecule has 0 atom stereocenters. The second kappa shape index (κ2) is 11.3. The fraction of sp³-hybridized carbons (Fsp3) is 0.200. The Hall–Kier alpha value is 0.337. The average Bonchev–Trinajstić information content (AvgIpc) is 2.16. The van der Waals surface area contributed by atoms with Crippen LogP contribution in [0.15, 0.2) is 37.0 Å². The molecule has 0 unspecified atom stereocenters. The smallest absolute Gasteiger partial charge is 0.0683 e.